The van der Waals surface area contributed by atoms with Gasteiger partial charge in [0.15, 0.2) is 0 Å². The number of pyridine rings is 1. The van der Waals surface area contributed by atoms with Crippen LogP contribution in [-0.2, 0) is 21.5 Å². The van der Waals surface area contributed by atoms with E-state index in [4.69, 9.17) is 4.74 Å². The number of likely N-dealkylation sites (tertiary alicyclic amines) is 1. The summed E-state index contributed by atoms with van der Waals surface area (Å²) in [5, 5.41) is 4.52. The SMILES string of the molecule is COCCn1nccc1C12CCC(C1)C2C(=O)N1CCC(c2cccnc2)CC1. The molecule has 0 radical (unpaired) electrons. The van der Waals surface area contributed by atoms with Crippen LogP contribution in [0.5, 0.6) is 0 Å². The number of rotatable bonds is 6. The van der Waals surface area contributed by atoms with Crippen molar-refractivity contribution in [1.29, 1.82) is 0 Å². The second-order valence-corrected chi connectivity index (χ2v) is 8.95. The van der Waals surface area contributed by atoms with Crippen LogP contribution in [0, 0.1) is 11.8 Å². The molecule has 6 nitrogen and oxygen atoms in total. The molecule has 0 spiro atoms. The molecular weight excluding hydrogens is 364 g/mol. The monoisotopic (exact) mass is 394 g/mol. The highest BCUT2D eigenvalue weighted by atomic mass is 16.5. The Balaban J connectivity index is 1.29. The molecule has 3 heterocycles. The second kappa shape index (κ2) is 7.56. The van der Waals surface area contributed by atoms with Crippen molar-refractivity contribution < 1.29 is 9.53 Å². The highest BCUT2D eigenvalue weighted by Crippen LogP contribution is 2.64. The van der Waals surface area contributed by atoms with Gasteiger partial charge in [0.25, 0.3) is 0 Å². The molecule has 3 unspecified atom stereocenters. The van der Waals surface area contributed by atoms with Gasteiger partial charge in [0.05, 0.1) is 19.1 Å². The third kappa shape index (κ3) is 3.08. The molecular formula is C23H30N4O2. The number of amides is 1. The van der Waals surface area contributed by atoms with Crippen molar-refractivity contribution in [3.8, 4) is 0 Å². The number of hydrogen-bond donors (Lipinski definition) is 0. The lowest BCUT2D eigenvalue weighted by atomic mass is 9.58. The van der Waals surface area contributed by atoms with Gasteiger partial charge in [-0.1, -0.05) is 6.07 Å². The fourth-order valence-corrected chi connectivity index (χ4v) is 6.16. The summed E-state index contributed by atoms with van der Waals surface area (Å²) in [6.07, 6.45) is 11.2. The summed E-state index contributed by atoms with van der Waals surface area (Å²) in [7, 11) is 1.72. The minimum Gasteiger partial charge on any atom is -0.383 e. The molecule has 2 bridgehead atoms. The maximum absolute atomic E-state index is 13.6. The van der Waals surface area contributed by atoms with Crippen molar-refractivity contribution in [2.24, 2.45) is 11.8 Å². The van der Waals surface area contributed by atoms with Gasteiger partial charge in [0.2, 0.25) is 5.91 Å². The summed E-state index contributed by atoms with van der Waals surface area (Å²) in [6.45, 7) is 3.12. The third-order valence-electron chi connectivity index (χ3n) is 7.62. The van der Waals surface area contributed by atoms with Crippen LogP contribution in [0.25, 0.3) is 0 Å². The van der Waals surface area contributed by atoms with E-state index in [1.165, 1.54) is 11.3 Å². The maximum Gasteiger partial charge on any atom is 0.226 e. The zero-order chi connectivity index (χ0) is 19.8. The maximum atomic E-state index is 13.6. The standard InChI is InChI=1S/C23H30N4O2/c1-29-14-13-27-20(5-10-25-27)23-8-4-18(15-23)21(23)22(28)26-11-6-17(7-12-26)19-3-2-9-24-16-19/h2-3,5,9-10,16-18,21H,4,6-8,11-15H2,1H3. The van der Waals surface area contributed by atoms with E-state index in [9.17, 15) is 4.79 Å². The first-order valence-corrected chi connectivity index (χ1v) is 10.9. The van der Waals surface area contributed by atoms with E-state index in [1.807, 2.05) is 24.7 Å². The molecule has 2 aromatic rings. The zero-order valence-corrected chi connectivity index (χ0v) is 17.2. The summed E-state index contributed by atoms with van der Waals surface area (Å²) < 4.78 is 7.32. The first kappa shape index (κ1) is 18.8. The molecule has 6 rings (SSSR count). The van der Waals surface area contributed by atoms with Gasteiger partial charge >= 0.3 is 0 Å². The van der Waals surface area contributed by atoms with Crippen LogP contribution in [0.4, 0.5) is 0 Å². The average molecular weight is 395 g/mol. The molecule has 3 saturated carbocycles. The van der Waals surface area contributed by atoms with Crippen LogP contribution in [-0.4, -0.2) is 52.4 Å². The van der Waals surface area contributed by atoms with E-state index in [2.05, 4.69) is 31.8 Å². The Hall–Kier alpha value is -2.21. The van der Waals surface area contributed by atoms with Gasteiger partial charge in [-0.3, -0.25) is 14.5 Å². The van der Waals surface area contributed by atoms with Gasteiger partial charge in [-0.15, -0.1) is 0 Å². The van der Waals surface area contributed by atoms with Crippen LogP contribution in [0.2, 0.25) is 0 Å². The Morgan fingerprint density at radius 1 is 1.24 bits per heavy atom. The number of hydrogen-bond acceptors (Lipinski definition) is 4. The summed E-state index contributed by atoms with van der Waals surface area (Å²) in [5.74, 6) is 1.58. The van der Waals surface area contributed by atoms with Crippen LogP contribution >= 0.6 is 0 Å². The number of aromatic nitrogens is 3. The lowest BCUT2D eigenvalue weighted by molar-refractivity contribution is -0.145. The minimum atomic E-state index is -0.00775. The highest BCUT2D eigenvalue weighted by Gasteiger charge is 2.64. The molecule has 29 heavy (non-hydrogen) atoms. The van der Waals surface area contributed by atoms with Gasteiger partial charge in [0.1, 0.15) is 0 Å². The summed E-state index contributed by atoms with van der Waals surface area (Å²) >= 11 is 0. The van der Waals surface area contributed by atoms with Crippen molar-refractivity contribution in [2.75, 3.05) is 26.8 Å². The first-order valence-electron chi connectivity index (χ1n) is 10.9. The Kier molecular flexibility index (Phi) is 4.90. The van der Waals surface area contributed by atoms with Crippen molar-refractivity contribution in [3.63, 3.8) is 0 Å². The first-order chi connectivity index (χ1) is 14.2. The van der Waals surface area contributed by atoms with Crippen molar-refractivity contribution >= 4 is 5.91 Å². The van der Waals surface area contributed by atoms with Gasteiger partial charge in [0, 0.05) is 49.9 Å². The average Bonchev–Trinajstić information content (AvgIpc) is 3.48. The van der Waals surface area contributed by atoms with Gasteiger partial charge in [-0.2, -0.15) is 5.10 Å². The Morgan fingerprint density at radius 2 is 2.10 bits per heavy atom. The van der Waals surface area contributed by atoms with E-state index < -0.39 is 0 Å². The van der Waals surface area contributed by atoms with Crippen LogP contribution in [0.3, 0.4) is 0 Å². The van der Waals surface area contributed by atoms with Crippen LogP contribution < -0.4 is 0 Å². The molecule has 154 valence electrons. The Bertz CT molecular complexity index is 855. The molecule has 4 fully saturated rings. The predicted octanol–water partition coefficient (Wildman–Crippen LogP) is 3.00. The van der Waals surface area contributed by atoms with Crippen molar-refractivity contribution in [2.45, 2.75) is 50.0 Å². The van der Waals surface area contributed by atoms with Gasteiger partial charge in [-0.25, -0.2) is 0 Å². The van der Waals surface area contributed by atoms with Crippen molar-refractivity contribution in [1.82, 2.24) is 19.7 Å². The smallest absolute Gasteiger partial charge is 0.226 e. The fourth-order valence-electron chi connectivity index (χ4n) is 6.16. The van der Waals surface area contributed by atoms with Crippen LogP contribution in [0.1, 0.15) is 49.3 Å². The van der Waals surface area contributed by atoms with Gasteiger partial charge < -0.3 is 9.64 Å². The molecule has 0 N–H and O–H groups in total. The number of ether oxygens (including phenoxy) is 1. The van der Waals surface area contributed by atoms with Crippen LogP contribution in [0.15, 0.2) is 36.8 Å². The number of carbonyl (C=O) groups excluding carboxylic acids is 1. The molecule has 3 atom stereocenters. The number of methoxy groups -OCH3 is 1. The lowest BCUT2D eigenvalue weighted by Gasteiger charge is -2.49. The summed E-state index contributed by atoms with van der Waals surface area (Å²) in [5.41, 5.74) is 2.54. The number of piperidine rings is 1. The third-order valence-corrected chi connectivity index (χ3v) is 7.62. The quantitative estimate of drug-likeness (QED) is 0.756. The Morgan fingerprint density at radius 3 is 2.83 bits per heavy atom. The minimum absolute atomic E-state index is 0.00775. The molecule has 1 saturated heterocycles. The van der Waals surface area contributed by atoms with E-state index in [-0.39, 0.29) is 11.3 Å². The van der Waals surface area contributed by atoms with E-state index in [1.54, 1.807) is 7.11 Å². The molecule has 1 amide bonds. The van der Waals surface area contributed by atoms with Crippen molar-refractivity contribution in [3.05, 3.63) is 48.0 Å². The zero-order valence-electron chi connectivity index (χ0n) is 17.2. The number of carbonyl (C=O) groups is 1. The Labute approximate surface area is 172 Å². The predicted molar refractivity (Wildman–Crippen MR) is 109 cm³/mol. The second-order valence-electron chi connectivity index (χ2n) is 8.95. The topological polar surface area (TPSA) is 60.3 Å². The van der Waals surface area contributed by atoms with E-state index in [0.29, 0.717) is 24.3 Å². The molecule has 2 aromatic heterocycles. The molecule has 4 aliphatic rings. The summed E-state index contributed by atoms with van der Waals surface area (Å²) in [6, 6.07) is 6.30. The lowest BCUT2D eigenvalue weighted by Crippen LogP contribution is -2.55. The molecule has 6 heteroatoms. The molecule has 0 aromatic carbocycles. The normalized spacial score (nSPS) is 29.1. The number of fused-ring (bicyclic) bond motifs is 1. The largest absolute Gasteiger partial charge is 0.383 e. The van der Waals surface area contributed by atoms with E-state index in [0.717, 1.165) is 51.7 Å². The molecule has 1 aliphatic heterocycles. The van der Waals surface area contributed by atoms with Gasteiger partial charge in [-0.05, 0) is 61.6 Å². The summed E-state index contributed by atoms with van der Waals surface area (Å²) in [4.78, 5) is 20.0. The highest BCUT2D eigenvalue weighted by molar-refractivity contribution is 5.83. The molecule has 3 aliphatic carbocycles. The number of nitrogens with zero attached hydrogens (tertiary/aromatic N) is 4. The fraction of sp³-hybridized carbons (Fsp3) is 0.609. The van der Waals surface area contributed by atoms with E-state index >= 15 is 0 Å².